The molecule has 23 heavy (non-hydrogen) atoms. The van der Waals surface area contributed by atoms with E-state index in [9.17, 15) is 9.59 Å². The number of carbonyl (C=O) groups is 1. The van der Waals surface area contributed by atoms with Gasteiger partial charge in [0.1, 0.15) is 5.82 Å². The molecule has 0 bridgehead atoms. The summed E-state index contributed by atoms with van der Waals surface area (Å²) < 4.78 is 0. The Morgan fingerprint density at radius 2 is 2.13 bits per heavy atom. The van der Waals surface area contributed by atoms with E-state index in [4.69, 9.17) is 0 Å². The number of hydrogen-bond donors (Lipinski definition) is 3. The average molecular weight is 329 g/mol. The van der Waals surface area contributed by atoms with Gasteiger partial charge in [-0.3, -0.25) is 14.7 Å². The first kappa shape index (κ1) is 15.2. The first-order valence-corrected chi connectivity index (χ1v) is 7.80. The smallest absolute Gasteiger partial charge is 0.272 e. The van der Waals surface area contributed by atoms with Crippen molar-refractivity contribution >= 4 is 17.2 Å². The molecule has 8 heteroatoms. The largest absolute Gasteiger partial charge is 0.345 e. The topological polar surface area (TPSA) is 104 Å². The molecule has 0 radical (unpaired) electrons. The summed E-state index contributed by atoms with van der Waals surface area (Å²) >= 11 is 1.63. The number of rotatable bonds is 4. The molecule has 3 aromatic rings. The summed E-state index contributed by atoms with van der Waals surface area (Å²) in [6.45, 7) is 3.88. The van der Waals surface area contributed by atoms with E-state index in [0.717, 1.165) is 10.6 Å². The Balaban J connectivity index is 1.69. The Morgan fingerprint density at radius 3 is 2.83 bits per heavy atom. The normalized spacial score (nSPS) is 10.7. The van der Waals surface area contributed by atoms with E-state index in [-0.39, 0.29) is 18.0 Å². The fourth-order valence-corrected chi connectivity index (χ4v) is 2.97. The molecule has 0 fully saturated rings. The number of hydrogen-bond acceptors (Lipinski definition) is 5. The standard InChI is InChI=1S/C15H15N5O2S/c1-8-3-4-13(23-8)11-6-12(20-19-11)15(22)16-7-10-5-14(21)18-9(2)17-10/h3-6H,7H2,1-2H3,(H,16,22)(H,19,20)(H,17,18,21). The lowest BCUT2D eigenvalue weighted by atomic mass is 10.3. The van der Waals surface area contributed by atoms with Crippen LogP contribution in [0.1, 0.15) is 26.9 Å². The van der Waals surface area contributed by atoms with Crippen molar-refractivity contribution in [3.8, 4) is 10.6 Å². The number of thiophene rings is 1. The molecule has 0 aromatic carbocycles. The molecule has 0 saturated heterocycles. The van der Waals surface area contributed by atoms with Gasteiger partial charge in [-0.05, 0) is 32.0 Å². The minimum atomic E-state index is -0.319. The Morgan fingerprint density at radius 1 is 1.30 bits per heavy atom. The van der Waals surface area contributed by atoms with E-state index in [1.807, 2.05) is 19.1 Å². The molecule has 7 nitrogen and oxygen atoms in total. The zero-order valence-corrected chi connectivity index (χ0v) is 13.5. The SMILES string of the molecule is Cc1nc(CNC(=O)c2cc(-c3ccc(C)s3)[nH]n2)cc(=O)[nH]1. The van der Waals surface area contributed by atoms with Crippen LogP contribution >= 0.6 is 11.3 Å². The molecule has 0 atom stereocenters. The van der Waals surface area contributed by atoms with Crippen LogP contribution in [0.5, 0.6) is 0 Å². The van der Waals surface area contributed by atoms with Crippen LogP contribution in [0, 0.1) is 13.8 Å². The highest BCUT2D eigenvalue weighted by Gasteiger charge is 2.12. The van der Waals surface area contributed by atoms with Gasteiger partial charge in [-0.15, -0.1) is 11.3 Å². The van der Waals surface area contributed by atoms with Crippen molar-refractivity contribution in [2.75, 3.05) is 0 Å². The van der Waals surface area contributed by atoms with Gasteiger partial charge in [-0.25, -0.2) is 4.98 Å². The Hall–Kier alpha value is -2.74. The zero-order chi connectivity index (χ0) is 16.4. The summed E-state index contributed by atoms with van der Waals surface area (Å²) in [6.07, 6.45) is 0. The van der Waals surface area contributed by atoms with E-state index < -0.39 is 0 Å². The predicted molar refractivity (Wildman–Crippen MR) is 87.4 cm³/mol. The highest BCUT2D eigenvalue weighted by molar-refractivity contribution is 7.15. The van der Waals surface area contributed by atoms with Gasteiger partial charge in [0, 0.05) is 10.9 Å². The summed E-state index contributed by atoms with van der Waals surface area (Å²) in [5.74, 6) is 0.192. The number of aromatic nitrogens is 4. The molecule has 1 amide bonds. The number of carbonyl (C=O) groups excluding carboxylic acids is 1. The van der Waals surface area contributed by atoms with Gasteiger partial charge in [0.05, 0.1) is 22.8 Å². The second-order valence-electron chi connectivity index (χ2n) is 5.08. The molecule has 3 rings (SSSR count). The number of nitrogens with one attached hydrogen (secondary N) is 3. The van der Waals surface area contributed by atoms with Crippen LogP contribution in [0.3, 0.4) is 0 Å². The third kappa shape index (κ3) is 3.54. The lowest BCUT2D eigenvalue weighted by Crippen LogP contribution is -2.25. The lowest BCUT2D eigenvalue weighted by molar-refractivity contribution is 0.0945. The third-order valence-electron chi connectivity index (χ3n) is 3.16. The number of nitrogens with zero attached hydrogens (tertiary/aromatic N) is 2. The van der Waals surface area contributed by atoms with E-state index >= 15 is 0 Å². The number of H-pyrrole nitrogens is 2. The van der Waals surface area contributed by atoms with Gasteiger partial charge in [0.2, 0.25) is 0 Å². The average Bonchev–Trinajstić information content (AvgIpc) is 3.12. The molecule has 0 aliphatic heterocycles. The number of aryl methyl sites for hydroxylation is 2. The second-order valence-corrected chi connectivity index (χ2v) is 6.37. The first-order chi connectivity index (χ1) is 11.0. The van der Waals surface area contributed by atoms with Gasteiger partial charge in [-0.1, -0.05) is 0 Å². The lowest BCUT2D eigenvalue weighted by Gasteiger charge is -2.03. The maximum Gasteiger partial charge on any atom is 0.272 e. The number of aromatic amines is 2. The fraction of sp³-hybridized carbons (Fsp3) is 0.200. The van der Waals surface area contributed by atoms with Crippen LogP contribution in [0.25, 0.3) is 10.6 Å². The third-order valence-corrected chi connectivity index (χ3v) is 4.19. The summed E-state index contributed by atoms with van der Waals surface area (Å²) in [6, 6.07) is 7.06. The van der Waals surface area contributed by atoms with Crippen LogP contribution in [0.2, 0.25) is 0 Å². The molecule has 118 valence electrons. The summed E-state index contributed by atoms with van der Waals surface area (Å²) in [5, 5.41) is 9.60. The Bertz CT molecular complexity index is 908. The van der Waals surface area contributed by atoms with E-state index in [1.54, 1.807) is 24.3 Å². The monoisotopic (exact) mass is 329 g/mol. The molecular formula is C15H15N5O2S. The predicted octanol–water partition coefficient (Wildman–Crippen LogP) is 1.77. The summed E-state index contributed by atoms with van der Waals surface area (Å²) in [4.78, 5) is 32.4. The molecule has 3 heterocycles. The Labute approximate surface area is 135 Å². The van der Waals surface area contributed by atoms with Gasteiger partial charge in [0.25, 0.3) is 11.5 Å². The van der Waals surface area contributed by atoms with Crippen LogP contribution in [-0.4, -0.2) is 26.1 Å². The van der Waals surface area contributed by atoms with Crippen molar-refractivity contribution in [3.05, 3.63) is 56.7 Å². The molecule has 3 N–H and O–H groups in total. The highest BCUT2D eigenvalue weighted by atomic mass is 32.1. The maximum absolute atomic E-state index is 12.1. The molecule has 0 unspecified atom stereocenters. The van der Waals surface area contributed by atoms with E-state index in [0.29, 0.717) is 17.2 Å². The molecular weight excluding hydrogens is 314 g/mol. The van der Waals surface area contributed by atoms with Crippen molar-refractivity contribution in [2.24, 2.45) is 0 Å². The van der Waals surface area contributed by atoms with Crippen molar-refractivity contribution in [3.63, 3.8) is 0 Å². The highest BCUT2D eigenvalue weighted by Crippen LogP contribution is 2.26. The van der Waals surface area contributed by atoms with Gasteiger partial charge in [0.15, 0.2) is 5.69 Å². The molecule has 0 aliphatic carbocycles. The molecule has 3 aromatic heterocycles. The summed E-state index contributed by atoms with van der Waals surface area (Å²) in [5.41, 5.74) is 1.37. The minimum absolute atomic E-state index is 0.171. The molecule has 0 spiro atoms. The second kappa shape index (κ2) is 6.17. The van der Waals surface area contributed by atoms with Gasteiger partial charge >= 0.3 is 0 Å². The zero-order valence-electron chi connectivity index (χ0n) is 12.6. The van der Waals surface area contributed by atoms with Crippen molar-refractivity contribution in [1.29, 1.82) is 0 Å². The maximum atomic E-state index is 12.1. The van der Waals surface area contributed by atoms with E-state index in [1.165, 1.54) is 10.9 Å². The van der Waals surface area contributed by atoms with Crippen LogP contribution in [0.15, 0.2) is 29.1 Å². The fourth-order valence-electron chi connectivity index (χ4n) is 2.14. The van der Waals surface area contributed by atoms with Crippen LogP contribution in [-0.2, 0) is 6.54 Å². The summed E-state index contributed by atoms with van der Waals surface area (Å²) in [7, 11) is 0. The quantitative estimate of drug-likeness (QED) is 0.678. The van der Waals surface area contributed by atoms with Crippen molar-refractivity contribution < 1.29 is 4.79 Å². The van der Waals surface area contributed by atoms with Crippen LogP contribution < -0.4 is 10.9 Å². The Kier molecular flexibility index (Phi) is 4.07. The van der Waals surface area contributed by atoms with E-state index in [2.05, 4.69) is 25.5 Å². The number of amides is 1. The minimum Gasteiger partial charge on any atom is -0.345 e. The van der Waals surface area contributed by atoms with Crippen LogP contribution in [0.4, 0.5) is 0 Å². The van der Waals surface area contributed by atoms with Gasteiger partial charge in [-0.2, -0.15) is 5.10 Å². The first-order valence-electron chi connectivity index (χ1n) is 6.98. The molecule has 0 saturated carbocycles. The van der Waals surface area contributed by atoms with Crippen molar-refractivity contribution in [2.45, 2.75) is 20.4 Å². The van der Waals surface area contributed by atoms with Gasteiger partial charge < -0.3 is 10.3 Å². The molecule has 0 aliphatic rings. The van der Waals surface area contributed by atoms with Crippen molar-refractivity contribution in [1.82, 2.24) is 25.5 Å².